The number of para-hydroxylation sites is 2. The van der Waals surface area contributed by atoms with Crippen molar-refractivity contribution in [1.82, 2.24) is 5.32 Å². The van der Waals surface area contributed by atoms with Gasteiger partial charge in [0.15, 0.2) is 6.10 Å². The van der Waals surface area contributed by atoms with Gasteiger partial charge in [0, 0.05) is 11.8 Å². The van der Waals surface area contributed by atoms with Gasteiger partial charge in [-0.25, -0.2) is 0 Å². The van der Waals surface area contributed by atoms with E-state index in [-0.39, 0.29) is 5.91 Å². The lowest BCUT2D eigenvalue weighted by Gasteiger charge is -2.26. The van der Waals surface area contributed by atoms with Gasteiger partial charge in [-0.3, -0.25) is 4.79 Å². The van der Waals surface area contributed by atoms with Crippen molar-refractivity contribution in [3.63, 3.8) is 0 Å². The number of thioether (sulfide) groups is 1. The van der Waals surface area contributed by atoms with Crippen molar-refractivity contribution >= 4 is 23.4 Å². The van der Waals surface area contributed by atoms with Crippen LogP contribution in [-0.2, 0) is 4.79 Å². The average Bonchev–Trinajstić information content (AvgIpc) is 2.43. The fraction of sp³-hybridized carbons (Fsp3) is 0.462. The van der Waals surface area contributed by atoms with Gasteiger partial charge in [0.25, 0.3) is 5.91 Å². The van der Waals surface area contributed by atoms with Crippen molar-refractivity contribution < 1.29 is 9.53 Å². The molecule has 2 atom stereocenters. The second-order valence-corrected chi connectivity index (χ2v) is 5.55. The van der Waals surface area contributed by atoms with Crippen LogP contribution in [0.25, 0.3) is 0 Å². The largest absolute Gasteiger partial charge is 0.477 e. The number of nitrogens with one attached hydrogen (secondary N) is 2. The molecule has 0 bridgehead atoms. The molecule has 0 fully saturated rings. The fourth-order valence-electron chi connectivity index (χ4n) is 1.70. The Bertz CT molecular complexity index is 425. The molecule has 98 valence electrons. The minimum Gasteiger partial charge on any atom is -0.477 e. The van der Waals surface area contributed by atoms with Crippen LogP contribution in [0.3, 0.4) is 0 Å². The SMILES string of the molecule is CSC(C)CNC(=O)C1CNc2ccccc2O1. The third-order valence-corrected chi connectivity index (χ3v) is 3.86. The molecule has 2 N–H and O–H groups in total. The van der Waals surface area contributed by atoms with Crippen LogP contribution in [0.15, 0.2) is 24.3 Å². The number of rotatable bonds is 4. The van der Waals surface area contributed by atoms with E-state index in [0.717, 1.165) is 11.4 Å². The van der Waals surface area contributed by atoms with Crippen LogP contribution in [0.1, 0.15) is 6.92 Å². The Balaban J connectivity index is 1.90. The molecule has 2 rings (SSSR count). The van der Waals surface area contributed by atoms with E-state index in [0.29, 0.717) is 18.3 Å². The molecular weight excluding hydrogens is 248 g/mol. The number of amides is 1. The van der Waals surface area contributed by atoms with Gasteiger partial charge in [-0.2, -0.15) is 11.8 Å². The first-order valence-corrected chi connectivity index (χ1v) is 7.29. The van der Waals surface area contributed by atoms with Crippen molar-refractivity contribution in [2.24, 2.45) is 0 Å². The molecule has 5 heteroatoms. The van der Waals surface area contributed by atoms with Crippen LogP contribution in [0.4, 0.5) is 5.69 Å². The maximum Gasteiger partial charge on any atom is 0.262 e. The van der Waals surface area contributed by atoms with Crippen molar-refractivity contribution in [3.05, 3.63) is 24.3 Å². The van der Waals surface area contributed by atoms with Gasteiger partial charge in [0.05, 0.1) is 12.2 Å². The van der Waals surface area contributed by atoms with E-state index in [2.05, 4.69) is 17.6 Å². The van der Waals surface area contributed by atoms with E-state index >= 15 is 0 Å². The highest BCUT2D eigenvalue weighted by molar-refractivity contribution is 7.99. The minimum absolute atomic E-state index is 0.0575. The van der Waals surface area contributed by atoms with Crippen LogP contribution in [0, 0.1) is 0 Å². The second kappa shape index (κ2) is 6.00. The molecule has 0 saturated carbocycles. The first-order valence-electron chi connectivity index (χ1n) is 6.00. The molecule has 1 aliphatic heterocycles. The molecule has 1 aromatic rings. The highest BCUT2D eigenvalue weighted by Crippen LogP contribution is 2.28. The maximum atomic E-state index is 11.9. The molecule has 2 unspecified atom stereocenters. The molecule has 0 spiro atoms. The molecule has 18 heavy (non-hydrogen) atoms. The zero-order valence-electron chi connectivity index (χ0n) is 10.6. The number of carbonyl (C=O) groups excluding carboxylic acids is 1. The van der Waals surface area contributed by atoms with Crippen molar-refractivity contribution in [2.75, 3.05) is 24.7 Å². The van der Waals surface area contributed by atoms with Crippen molar-refractivity contribution in [2.45, 2.75) is 18.3 Å². The van der Waals surface area contributed by atoms with E-state index in [9.17, 15) is 4.79 Å². The molecule has 1 amide bonds. The van der Waals surface area contributed by atoms with E-state index in [4.69, 9.17) is 4.74 Å². The third kappa shape index (κ3) is 3.10. The smallest absolute Gasteiger partial charge is 0.262 e. The van der Waals surface area contributed by atoms with Crippen LogP contribution in [0.2, 0.25) is 0 Å². The Morgan fingerprint density at radius 3 is 3.17 bits per heavy atom. The van der Waals surface area contributed by atoms with Gasteiger partial charge in [0.2, 0.25) is 0 Å². The Hall–Kier alpha value is -1.36. The minimum atomic E-state index is -0.450. The van der Waals surface area contributed by atoms with Crippen LogP contribution < -0.4 is 15.4 Å². The molecule has 1 aliphatic rings. The van der Waals surface area contributed by atoms with Crippen molar-refractivity contribution in [1.29, 1.82) is 0 Å². The third-order valence-electron chi connectivity index (χ3n) is 2.89. The summed E-state index contributed by atoms with van der Waals surface area (Å²) in [6, 6.07) is 7.65. The summed E-state index contributed by atoms with van der Waals surface area (Å²) in [4.78, 5) is 11.9. The summed E-state index contributed by atoms with van der Waals surface area (Å²) in [6.07, 6.45) is 1.58. The Kier molecular flexibility index (Phi) is 4.36. The summed E-state index contributed by atoms with van der Waals surface area (Å²) in [7, 11) is 0. The number of benzene rings is 1. The first kappa shape index (κ1) is 13.1. The van der Waals surface area contributed by atoms with Gasteiger partial charge in [-0.15, -0.1) is 0 Å². The van der Waals surface area contributed by atoms with Gasteiger partial charge >= 0.3 is 0 Å². The van der Waals surface area contributed by atoms with E-state index in [1.807, 2.05) is 30.5 Å². The second-order valence-electron chi connectivity index (χ2n) is 4.28. The summed E-state index contributed by atoms with van der Waals surface area (Å²) < 4.78 is 5.68. The zero-order valence-corrected chi connectivity index (χ0v) is 11.4. The van der Waals surface area contributed by atoms with Crippen LogP contribution in [0.5, 0.6) is 5.75 Å². The quantitative estimate of drug-likeness (QED) is 0.871. The molecule has 1 heterocycles. The number of hydrogen-bond acceptors (Lipinski definition) is 4. The monoisotopic (exact) mass is 266 g/mol. The lowest BCUT2D eigenvalue weighted by molar-refractivity contribution is -0.127. The molecule has 0 saturated heterocycles. The summed E-state index contributed by atoms with van der Waals surface area (Å²) in [5, 5.41) is 6.53. The van der Waals surface area contributed by atoms with Gasteiger partial charge < -0.3 is 15.4 Å². The number of anilines is 1. The predicted molar refractivity (Wildman–Crippen MR) is 75.3 cm³/mol. The number of carbonyl (C=O) groups is 1. The number of hydrogen-bond donors (Lipinski definition) is 2. The predicted octanol–water partition coefficient (Wildman–Crippen LogP) is 1.73. The van der Waals surface area contributed by atoms with E-state index < -0.39 is 6.10 Å². The van der Waals surface area contributed by atoms with Gasteiger partial charge in [-0.1, -0.05) is 19.1 Å². The topological polar surface area (TPSA) is 50.4 Å². The summed E-state index contributed by atoms with van der Waals surface area (Å²) in [5.74, 6) is 0.680. The highest BCUT2D eigenvalue weighted by Gasteiger charge is 2.25. The molecule has 0 radical (unpaired) electrons. The standard InChI is InChI=1S/C13H18N2O2S/c1-9(18-2)7-15-13(16)12-8-14-10-5-3-4-6-11(10)17-12/h3-6,9,12,14H,7-8H2,1-2H3,(H,15,16). The Morgan fingerprint density at radius 1 is 1.61 bits per heavy atom. The van der Waals surface area contributed by atoms with Crippen molar-refractivity contribution in [3.8, 4) is 5.75 Å². The van der Waals surface area contributed by atoms with E-state index in [1.165, 1.54) is 0 Å². The normalized spacial score (nSPS) is 19.1. The highest BCUT2D eigenvalue weighted by atomic mass is 32.2. The fourth-order valence-corrected chi connectivity index (χ4v) is 1.95. The molecule has 4 nitrogen and oxygen atoms in total. The van der Waals surface area contributed by atoms with Crippen LogP contribution in [-0.4, -0.2) is 36.6 Å². The lowest BCUT2D eigenvalue weighted by atomic mass is 10.2. The summed E-state index contributed by atoms with van der Waals surface area (Å²) >= 11 is 1.73. The molecule has 1 aromatic carbocycles. The van der Waals surface area contributed by atoms with Gasteiger partial charge in [0.1, 0.15) is 5.75 Å². The lowest BCUT2D eigenvalue weighted by Crippen LogP contribution is -2.46. The molecular formula is C13H18N2O2S. The maximum absolute atomic E-state index is 11.9. The van der Waals surface area contributed by atoms with E-state index in [1.54, 1.807) is 11.8 Å². The molecule has 0 aliphatic carbocycles. The van der Waals surface area contributed by atoms with Crippen LogP contribution >= 0.6 is 11.8 Å². The first-order chi connectivity index (χ1) is 8.70. The van der Waals surface area contributed by atoms with Gasteiger partial charge in [-0.05, 0) is 18.4 Å². The Labute approximate surface area is 111 Å². The average molecular weight is 266 g/mol. The number of ether oxygens (including phenoxy) is 1. The summed E-state index contributed by atoms with van der Waals surface area (Å²) in [6.45, 7) is 3.26. The zero-order chi connectivity index (χ0) is 13.0. The Morgan fingerprint density at radius 2 is 2.39 bits per heavy atom. The molecule has 0 aromatic heterocycles. The number of fused-ring (bicyclic) bond motifs is 1. The summed E-state index contributed by atoms with van der Waals surface area (Å²) in [5.41, 5.74) is 0.944.